The number of aromatic nitrogens is 2. The lowest BCUT2D eigenvalue weighted by molar-refractivity contribution is 0.328. The SMILES string of the molecule is CCOc1ncnc(NCCc2cccc(OC)c2)c1N. The summed E-state index contributed by atoms with van der Waals surface area (Å²) in [5, 5.41) is 3.20. The zero-order valence-electron chi connectivity index (χ0n) is 12.3. The Morgan fingerprint density at radius 2 is 2.14 bits per heavy atom. The molecule has 0 aliphatic carbocycles. The molecule has 0 atom stereocenters. The largest absolute Gasteiger partial charge is 0.497 e. The highest BCUT2D eigenvalue weighted by Gasteiger charge is 2.08. The van der Waals surface area contributed by atoms with Gasteiger partial charge in [0.05, 0.1) is 13.7 Å². The molecule has 0 saturated heterocycles. The molecule has 1 aromatic heterocycles. The number of hydrogen-bond acceptors (Lipinski definition) is 6. The summed E-state index contributed by atoms with van der Waals surface area (Å²) in [6, 6.07) is 7.96. The lowest BCUT2D eigenvalue weighted by Gasteiger charge is -2.11. The first-order valence-electron chi connectivity index (χ1n) is 6.84. The van der Waals surface area contributed by atoms with Crippen molar-refractivity contribution in [1.82, 2.24) is 9.97 Å². The van der Waals surface area contributed by atoms with E-state index in [0.29, 0.717) is 30.5 Å². The van der Waals surface area contributed by atoms with Gasteiger partial charge < -0.3 is 20.5 Å². The molecule has 0 aliphatic heterocycles. The molecule has 0 saturated carbocycles. The number of rotatable bonds is 7. The Kier molecular flexibility index (Phi) is 5.20. The van der Waals surface area contributed by atoms with Gasteiger partial charge in [-0.05, 0) is 31.0 Å². The zero-order chi connectivity index (χ0) is 15.1. The van der Waals surface area contributed by atoms with Gasteiger partial charge in [0.15, 0.2) is 5.82 Å². The summed E-state index contributed by atoms with van der Waals surface area (Å²) >= 11 is 0. The maximum atomic E-state index is 5.96. The maximum Gasteiger partial charge on any atom is 0.242 e. The second kappa shape index (κ2) is 7.33. The standard InChI is InChI=1S/C15H20N4O2/c1-3-21-15-13(16)14(18-10-19-15)17-8-7-11-5-4-6-12(9-11)20-2/h4-6,9-10H,3,7-8,16H2,1-2H3,(H,17,18,19). The van der Waals surface area contributed by atoms with Crippen molar-refractivity contribution in [1.29, 1.82) is 0 Å². The van der Waals surface area contributed by atoms with Crippen LogP contribution in [0.3, 0.4) is 0 Å². The van der Waals surface area contributed by atoms with Crippen LogP contribution in [0.1, 0.15) is 12.5 Å². The Hall–Kier alpha value is -2.50. The van der Waals surface area contributed by atoms with Crippen LogP contribution in [0.2, 0.25) is 0 Å². The number of nitrogens with one attached hydrogen (secondary N) is 1. The van der Waals surface area contributed by atoms with Gasteiger partial charge in [-0.2, -0.15) is 4.98 Å². The topological polar surface area (TPSA) is 82.3 Å². The number of anilines is 2. The highest BCUT2D eigenvalue weighted by atomic mass is 16.5. The lowest BCUT2D eigenvalue weighted by Crippen LogP contribution is -2.10. The number of ether oxygens (including phenoxy) is 2. The van der Waals surface area contributed by atoms with Gasteiger partial charge in [-0.15, -0.1) is 0 Å². The summed E-state index contributed by atoms with van der Waals surface area (Å²) in [5.74, 6) is 1.86. The Bertz CT molecular complexity index is 590. The van der Waals surface area contributed by atoms with Gasteiger partial charge in [0.2, 0.25) is 5.88 Å². The van der Waals surface area contributed by atoms with E-state index in [4.69, 9.17) is 15.2 Å². The molecule has 21 heavy (non-hydrogen) atoms. The minimum atomic E-state index is 0.413. The molecule has 1 aromatic carbocycles. The van der Waals surface area contributed by atoms with Gasteiger partial charge in [0, 0.05) is 6.54 Å². The fraction of sp³-hybridized carbons (Fsp3) is 0.333. The summed E-state index contributed by atoms with van der Waals surface area (Å²) in [4.78, 5) is 8.14. The third kappa shape index (κ3) is 3.98. The average Bonchev–Trinajstić information content (AvgIpc) is 2.51. The van der Waals surface area contributed by atoms with Crippen LogP contribution in [0.15, 0.2) is 30.6 Å². The van der Waals surface area contributed by atoms with Crippen LogP contribution in [0.4, 0.5) is 11.5 Å². The van der Waals surface area contributed by atoms with Crippen molar-refractivity contribution in [2.24, 2.45) is 0 Å². The van der Waals surface area contributed by atoms with Gasteiger partial charge in [-0.25, -0.2) is 4.98 Å². The molecule has 2 rings (SSSR count). The van der Waals surface area contributed by atoms with Gasteiger partial charge in [-0.3, -0.25) is 0 Å². The van der Waals surface area contributed by atoms with Crippen molar-refractivity contribution in [2.45, 2.75) is 13.3 Å². The van der Waals surface area contributed by atoms with E-state index < -0.39 is 0 Å². The molecule has 0 spiro atoms. The van der Waals surface area contributed by atoms with Crippen molar-refractivity contribution in [3.63, 3.8) is 0 Å². The second-order valence-electron chi connectivity index (χ2n) is 4.40. The van der Waals surface area contributed by atoms with E-state index in [1.54, 1.807) is 7.11 Å². The highest BCUT2D eigenvalue weighted by Crippen LogP contribution is 2.24. The number of nitrogens with two attached hydrogens (primary N) is 1. The van der Waals surface area contributed by atoms with E-state index in [1.807, 2.05) is 25.1 Å². The quantitative estimate of drug-likeness (QED) is 0.812. The van der Waals surface area contributed by atoms with Crippen LogP contribution in [-0.4, -0.2) is 30.2 Å². The number of methoxy groups -OCH3 is 1. The Balaban J connectivity index is 1.95. The fourth-order valence-corrected chi connectivity index (χ4v) is 1.93. The van der Waals surface area contributed by atoms with Crippen molar-refractivity contribution in [3.05, 3.63) is 36.2 Å². The van der Waals surface area contributed by atoms with E-state index >= 15 is 0 Å². The minimum Gasteiger partial charge on any atom is -0.497 e. The van der Waals surface area contributed by atoms with E-state index in [9.17, 15) is 0 Å². The van der Waals surface area contributed by atoms with E-state index in [1.165, 1.54) is 11.9 Å². The molecule has 1 heterocycles. The van der Waals surface area contributed by atoms with E-state index in [2.05, 4.69) is 21.4 Å². The number of hydrogen-bond donors (Lipinski definition) is 2. The number of benzene rings is 1. The third-order valence-corrected chi connectivity index (χ3v) is 2.97. The summed E-state index contributed by atoms with van der Waals surface area (Å²) in [6.07, 6.45) is 2.28. The number of nitrogen functional groups attached to an aromatic ring is 1. The average molecular weight is 288 g/mol. The molecule has 0 amide bonds. The Labute approximate surface area is 124 Å². The van der Waals surface area contributed by atoms with E-state index in [0.717, 1.165) is 12.2 Å². The summed E-state index contributed by atoms with van der Waals surface area (Å²) in [7, 11) is 1.66. The van der Waals surface area contributed by atoms with Crippen LogP contribution in [0.5, 0.6) is 11.6 Å². The smallest absolute Gasteiger partial charge is 0.242 e. The third-order valence-electron chi connectivity index (χ3n) is 2.97. The maximum absolute atomic E-state index is 5.96. The summed E-state index contributed by atoms with van der Waals surface area (Å²) in [5.41, 5.74) is 7.58. The molecule has 0 aliphatic rings. The highest BCUT2D eigenvalue weighted by molar-refractivity contribution is 5.66. The van der Waals surface area contributed by atoms with Crippen LogP contribution >= 0.6 is 0 Å². The Morgan fingerprint density at radius 1 is 1.29 bits per heavy atom. The van der Waals surface area contributed by atoms with Gasteiger partial charge in [-0.1, -0.05) is 12.1 Å². The Morgan fingerprint density at radius 3 is 2.90 bits per heavy atom. The summed E-state index contributed by atoms with van der Waals surface area (Å²) in [6.45, 7) is 3.11. The molecule has 2 aromatic rings. The van der Waals surface area contributed by atoms with E-state index in [-0.39, 0.29) is 0 Å². The van der Waals surface area contributed by atoms with Crippen LogP contribution in [-0.2, 0) is 6.42 Å². The molecule has 6 heteroatoms. The van der Waals surface area contributed by atoms with Crippen LogP contribution < -0.4 is 20.5 Å². The molecule has 0 unspecified atom stereocenters. The van der Waals surface area contributed by atoms with Crippen molar-refractivity contribution < 1.29 is 9.47 Å². The molecule has 3 N–H and O–H groups in total. The van der Waals surface area contributed by atoms with Gasteiger partial charge >= 0.3 is 0 Å². The van der Waals surface area contributed by atoms with Crippen molar-refractivity contribution in [3.8, 4) is 11.6 Å². The second-order valence-corrected chi connectivity index (χ2v) is 4.40. The first kappa shape index (κ1) is 14.9. The fourth-order valence-electron chi connectivity index (χ4n) is 1.93. The van der Waals surface area contributed by atoms with Gasteiger partial charge in [0.1, 0.15) is 17.8 Å². The molecule has 112 valence electrons. The zero-order valence-corrected chi connectivity index (χ0v) is 12.3. The molecule has 0 bridgehead atoms. The molecule has 6 nitrogen and oxygen atoms in total. The molecular formula is C15H20N4O2. The first-order chi connectivity index (χ1) is 10.2. The minimum absolute atomic E-state index is 0.413. The predicted molar refractivity (Wildman–Crippen MR) is 82.8 cm³/mol. The molecular weight excluding hydrogens is 268 g/mol. The first-order valence-corrected chi connectivity index (χ1v) is 6.84. The van der Waals surface area contributed by atoms with Crippen molar-refractivity contribution in [2.75, 3.05) is 31.3 Å². The predicted octanol–water partition coefficient (Wildman–Crippen LogP) is 2.12. The van der Waals surface area contributed by atoms with Crippen LogP contribution in [0, 0.1) is 0 Å². The number of nitrogens with zero attached hydrogens (tertiary/aromatic N) is 2. The summed E-state index contributed by atoms with van der Waals surface area (Å²) < 4.78 is 10.5. The molecule has 0 fully saturated rings. The van der Waals surface area contributed by atoms with Crippen molar-refractivity contribution >= 4 is 11.5 Å². The normalized spacial score (nSPS) is 10.2. The monoisotopic (exact) mass is 288 g/mol. The van der Waals surface area contributed by atoms with Crippen LogP contribution in [0.25, 0.3) is 0 Å². The van der Waals surface area contributed by atoms with Gasteiger partial charge in [0.25, 0.3) is 0 Å². The lowest BCUT2D eigenvalue weighted by atomic mass is 10.1. The molecule has 0 radical (unpaired) electrons.